The Morgan fingerprint density at radius 3 is 2.60 bits per heavy atom. The van der Waals surface area contributed by atoms with Gasteiger partial charge in [0.1, 0.15) is 0 Å². The van der Waals surface area contributed by atoms with Crippen molar-refractivity contribution in [3.05, 3.63) is 12.2 Å². The van der Waals surface area contributed by atoms with Crippen LogP contribution in [0.2, 0.25) is 0 Å². The molecule has 0 aromatic rings. The fourth-order valence-electron chi connectivity index (χ4n) is 0.880. The molecule has 1 atom stereocenters. The van der Waals surface area contributed by atoms with Gasteiger partial charge in [0, 0.05) is 6.04 Å². The molecule has 0 aromatic carbocycles. The first-order valence-corrected chi connectivity index (χ1v) is 3.83. The molecule has 10 heavy (non-hydrogen) atoms. The van der Waals surface area contributed by atoms with Crippen molar-refractivity contribution in [2.75, 3.05) is 0 Å². The Morgan fingerprint density at radius 1 is 1.70 bits per heavy atom. The van der Waals surface area contributed by atoms with Crippen molar-refractivity contribution in [1.82, 2.24) is 5.43 Å². The highest BCUT2D eigenvalue weighted by molar-refractivity contribution is 5.00. The lowest BCUT2D eigenvalue weighted by Crippen LogP contribution is -2.35. The Kier molecular flexibility index (Phi) is 5.26. The molecule has 0 bridgehead atoms. The summed E-state index contributed by atoms with van der Waals surface area (Å²) < 4.78 is 0. The number of nitrogens with two attached hydrogens (primary N) is 1. The van der Waals surface area contributed by atoms with Crippen molar-refractivity contribution in [2.24, 2.45) is 5.84 Å². The quantitative estimate of drug-likeness (QED) is 0.347. The third-order valence-corrected chi connectivity index (χ3v) is 1.64. The standard InChI is InChI=1S/C8H18N2/c1-4-5-6-8(10-9)7(2)3/h8,10H,2,4-6,9H2,1,3H3. The maximum Gasteiger partial charge on any atom is 0.0414 e. The monoisotopic (exact) mass is 142 g/mol. The minimum atomic E-state index is 0.306. The van der Waals surface area contributed by atoms with E-state index >= 15 is 0 Å². The van der Waals surface area contributed by atoms with Crippen LogP contribution >= 0.6 is 0 Å². The van der Waals surface area contributed by atoms with E-state index in [9.17, 15) is 0 Å². The van der Waals surface area contributed by atoms with E-state index in [2.05, 4.69) is 18.9 Å². The summed E-state index contributed by atoms with van der Waals surface area (Å²) in [6.07, 6.45) is 3.52. The maximum atomic E-state index is 5.30. The maximum absolute atomic E-state index is 5.30. The van der Waals surface area contributed by atoms with Gasteiger partial charge in [0.2, 0.25) is 0 Å². The van der Waals surface area contributed by atoms with Crippen molar-refractivity contribution < 1.29 is 0 Å². The van der Waals surface area contributed by atoms with Gasteiger partial charge in [-0.25, -0.2) is 0 Å². The van der Waals surface area contributed by atoms with E-state index in [0.29, 0.717) is 6.04 Å². The highest BCUT2D eigenvalue weighted by Crippen LogP contribution is 2.06. The van der Waals surface area contributed by atoms with Crippen LogP contribution < -0.4 is 11.3 Å². The second-order valence-corrected chi connectivity index (χ2v) is 2.71. The molecule has 2 nitrogen and oxygen atoms in total. The Morgan fingerprint density at radius 2 is 2.30 bits per heavy atom. The lowest BCUT2D eigenvalue weighted by atomic mass is 10.1. The second-order valence-electron chi connectivity index (χ2n) is 2.71. The minimum absolute atomic E-state index is 0.306. The lowest BCUT2D eigenvalue weighted by molar-refractivity contribution is 0.530. The van der Waals surface area contributed by atoms with E-state index in [1.807, 2.05) is 6.92 Å². The molecule has 0 heterocycles. The summed E-state index contributed by atoms with van der Waals surface area (Å²) in [6, 6.07) is 0.306. The average molecular weight is 142 g/mol. The zero-order valence-electron chi connectivity index (χ0n) is 6.98. The van der Waals surface area contributed by atoms with Gasteiger partial charge in [-0.1, -0.05) is 31.9 Å². The number of nitrogens with one attached hydrogen (secondary N) is 1. The van der Waals surface area contributed by atoms with Gasteiger partial charge in [-0.3, -0.25) is 11.3 Å². The van der Waals surface area contributed by atoms with E-state index in [4.69, 9.17) is 5.84 Å². The van der Waals surface area contributed by atoms with Crippen molar-refractivity contribution in [3.63, 3.8) is 0 Å². The normalized spacial score (nSPS) is 13.1. The molecule has 0 rings (SSSR count). The van der Waals surface area contributed by atoms with Gasteiger partial charge in [-0.15, -0.1) is 0 Å². The van der Waals surface area contributed by atoms with Gasteiger partial charge in [-0.2, -0.15) is 0 Å². The molecule has 0 aromatic heterocycles. The molecule has 0 saturated carbocycles. The van der Waals surface area contributed by atoms with E-state index in [1.54, 1.807) is 0 Å². The van der Waals surface area contributed by atoms with Crippen molar-refractivity contribution in [3.8, 4) is 0 Å². The Balaban J connectivity index is 3.50. The van der Waals surface area contributed by atoms with Crippen LogP contribution in [0.5, 0.6) is 0 Å². The van der Waals surface area contributed by atoms with Gasteiger partial charge >= 0.3 is 0 Å². The van der Waals surface area contributed by atoms with Crippen LogP contribution in [-0.2, 0) is 0 Å². The van der Waals surface area contributed by atoms with Crippen LogP contribution in [0.15, 0.2) is 12.2 Å². The molecule has 2 heteroatoms. The number of hydrogen-bond acceptors (Lipinski definition) is 2. The highest BCUT2D eigenvalue weighted by Gasteiger charge is 2.04. The van der Waals surface area contributed by atoms with Crippen molar-refractivity contribution >= 4 is 0 Å². The molecule has 60 valence electrons. The van der Waals surface area contributed by atoms with E-state index < -0.39 is 0 Å². The molecule has 1 unspecified atom stereocenters. The van der Waals surface area contributed by atoms with Gasteiger partial charge in [0.15, 0.2) is 0 Å². The second kappa shape index (κ2) is 5.45. The lowest BCUT2D eigenvalue weighted by Gasteiger charge is -2.14. The number of rotatable bonds is 5. The van der Waals surface area contributed by atoms with Crippen LogP contribution in [0, 0.1) is 0 Å². The molecule has 0 fully saturated rings. The van der Waals surface area contributed by atoms with Crippen LogP contribution in [0.1, 0.15) is 33.1 Å². The molecule has 0 saturated heterocycles. The largest absolute Gasteiger partial charge is 0.271 e. The number of hydrazine groups is 1. The van der Waals surface area contributed by atoms with E-state index in [0.717, 1.165) is 12.0 Å². The van der Waals surface area contributed by atoms with Gasteiger partial charge < -0.3 is 0 Å². The minimum Gasteiger partial charge on any atom is -0.271 e. The summed E-state index contributed by atoms with van der Waals surface area (Å²) in [5.41, 5.74) is 3.86. The Hall–Kier alpha value is -0.340. The predicted octanol–water partition coefficient (Wildman–Crippen LogP) is 1.58. The zero-order chi connectivity index (χ0) is 7.98. The summed E-state index contributed by atoms with van der Waals surface area (Å²) in [4.78, 5) is 0. The SMILES string of the molecule is C=C(C)C(CCCC)NN. The summed E-state index contributed by atoms with van der Waals surface area (Å²) in [5, 5.41) is 0. The fourth-order valence-corrected chi connectivity index (χ4v) is 0.880. The van der Waals surface area contributed by atoms with E-state index in [1.165, 1.54) is 12.8 Å². The third-order valence-electron chi connectivity index (χ3n) is 1.64. The molecule has 3 N–H and O–H groups in total. The molecule has 0 aliphatic carbocycles. The van der Waals surface area contributed by atoms with Crippen molar-refractivity contribution in [1.29, 1.82) is 0 Å². The first-order valence-electron chi connectivity index (χ1n) is 3.83. The fraction of sp³-hybridized carbons (Fsp3) is 0.750. The zero-order valence-corrected chi connectivity index (χ0v) is 6.98. The van der Waals surface area contributed by atoms with Crippen molar-refractivity contribution in [2.45, 2.75) is 39.2 Å². The Bertz CT molecular complexity index is 99.4. The Labute approximate surface area is 63.5 Å². The number of hydrogen-bond donors (Lipinski definition) is 2. The first kappa shape index (κ1) is 9.66. The average Bonchev–Trinajstić information content (AvgIpc) is 1.89. The van der Waals surface area contributed by atoms with Crippen LogP contribution in [-0.4, -0.2) is 6.04 Å². The third kappa shape index (κ3) is 3.64. The first-order chi connectivity index (χ1) is 4.72. The molecule has 0 radical (unpaired) electrons. The van der Waals surface area contributed by atoms with E-state index in [-0.39, 0.29) is 0 Å². The molecular formula is C8H18N2. The van der Waals surface area contributed by atoms with Crippen LogP contribution in [0.4, 0.5) is 0 Å². The summed E-state index contributed by atoms with van der Waals surface area (Å²) in [7, 11) is 0. The van der Waals surface area contributed by atoms with Gasteiger partial charge in [-0.05, 0) is 13.3 Å². The molecule has 0 spiro atoms. The van der Waals surface area contributed by atoms with Crippen LogP contribution in [0.25, 0.3) is 0 Å². The summed E-state index contributed by atoms with van der Waals surface area (Å²) in [5.74, 6) is 5.30. The topological polar surface area (TPSA) is 38.0 Å². The smallest absolute Gasteiger partial charge is 0.0414 e. The highest BCUT2D eigenvalue weighted by atomic mass is 15.2. The summed E-state index contributed by atoms with van der Waals surface area (Å²) >= 11 is 0. The molecular weight excluding hydrogens is 124 g/mol. The molecule has 0 aliphatic rings. The van der Waals surface area contributed by atoms with Gasteiger partial charge in [0.25, 0.3) is 0 Å². The number of unbranched alkanes of at least 4 members (excludes halogenated alkanes) is 1. The van der Waals surface area contributed by atoms with Gasteiger partial charge in [0.05, 0.1) is 0 Å². The predicted molar refractivity (Wildman–Crippen MR) is 45.5 cm³/mol. The van der Waals surface area contributed by atoms with Crippen LogP contribution in [0.3, 0.4) is 0 Å². The molecule has 0 aliphatic heterocycles. The summed E-state index contributed by atoms with van der Waals surface area (Å²) in [6.45, 7) is 8.01. The molecule has 0 amide bonds.